The van der Waals surface area contributed by atoms with Gasteiger partial charge < -0.3 is 14.8 Å². The van der Waals surface area contributed by atoms with Gasteiger partial charge in [0.25, 0.3) is 0 Å². The number of carbonyl (C=O) groups excluding carboxylic acids is 3. The number of rotatable bonds is 6. The van der Waals surface area contributed by atoms with Crippen molar-refractivity contribution in [3.05, 3.63) is 64.1 Å². The first-order valence-corrected chi connectivity index (χ1v) is 10.7. The molecule has 1 atom stereocenters. The Labute approximate surface area is 184 Å². The van der Waals surface area contributed by atoms with Crippen molar-refractivity contribution in [2.45, 2.75) is 32.6 Å². The van der Waals surface area contributed by atoms with Crippen molar-refractivity contribution in [1.82, 2.24) is 0 Å². The summed E-state index contributed by atoms with van der Waals surface area (Å²) < 4.78 is 11.2. The average molecular weight is 474 g/mol. The molecule has 30 heavy (non-hydrogen) atoms. The molecule has 2 aromatic carbocycles. The van der Waals surface area contributed by atoms with E-state index in [-0.39, 0.29) is 32.0 Å². The molecule has 0 aromatic heterocycles. The minimum atomic E-state index is -1.56. The lowest BCUT2D eigenvalue weighted by atomic mass is 9.66. The highest BCUT2D eigenvalue weighted by Gasteiger charge is 2.54. The number of ether oxygens (including phenoxy) is 2. The predicted octanol–water partition coefficient (Wildman–Crippen LogP) is 4.23. The summed E-state index contributed by atoms with van der Waals surface area (Å²) in [6, 6.07) is 14.6. The fraction of sp³-hybridized carbons (Fsp3) is 0.348. The highest BCUT2D eigenvalue weighted by molar-refractivity contribution is 9.10. The summed E-state index contributed by atoms with van der Waals surface area (Å²) in [4.78, 5) is 39.2. The smallest absolute Gasteiger partial charge is 0.323 e. The van der Waals surface area contributed by atoms with Crippen LogP contribution < -0.4 is 5.32 Å². The topological polar surface area (TPSA) is 81.7 Å². The lowest BCUT2D eigenvalue weighted by molar-refractivity contribution is -0.173. The number of benzene rings is 2. The molecule has 1 N–H and O–H groups in total. The summed E-state index contributed by atoms with van der Waals surface area (Å²) in [5.74, 6) is -2.32. The van der Waals surface area contributed by atoms with E-state index in [1.165, 1.54) is 0 Å². The van der Waals surface area contributed by atoms with Gasteiger partial charge in [-0.3, -0.25) is 14.4 Å². The number of esters is 2. The zero-order valence-corrected chi connectivity index (χ0v) is 18.5. The van der Waals surface area contributed by atoms with Gasteiger partial charge >= 0.3 is 11.9 Å². The second-order valence-corrected chi connectivity index (χ2v) is 7.98. The van der Waals surface area contributed by atoms with Crippen LogP contribution in [-0.2, 0) is 30.3 Å². The minimum absolute atomic E-state index is 0.0159. The third-order valence-electron chi connectivity index (χ3n) is 5.26. The van der Waals surface area contributed by atoms with Gasteiger partial charge in [0.05, 0.1) is 24.8 Å². The van der Waals surface area contributed by atoms with Crippen LogP contribution in [0.25, 0.3) is 0 Å². The first-order valence-electron chi connectivity index (χ1n) is 9.90. The summed E-state index contributed by atoms with van der Waals surface area (Å²) >= 11 is 3.43. The van der Waals surface area contributed by atoms with Gasteiger partial charge in [0.2, 0.25) is 5.91 Å². The molecule has 0 heterocycles. The molecule has 0 saturated heterocycles. The first-order chi connectivity index (χ1) is 14.4. The number of carbonyl (C=O) groups is 3. The SMILES string of the molecule is CCOC(=O)C1(C(=O)OCC)Cc2ccccc2C(C(=O)Nc2ccccc2Br)C1. The molecule has 6 nitrogen and oxygen atoms in total. The first kappa shape index (κ1) is 22.0. The molecular formula is C23H24BrNO5. The van der Waals surface area contributed by atoms with Gasteiger partial charge in [-0.1, -0.05) is 36.4 Å². The van der Waals surface area contributed by atoms with Crippen LogP contribution in [0.15, 0.2) is 53.0 Å². The largest absolute Gasteiger partial charge is 0.465 e. The molecule has 0 radical (unpaired) electrons. The van der Waals surface area contributed by atoms with Gasteiger partial charge in [0.1, 0.15) is 0 Å². The molecular weight excluding hydrogens is 450 g/mol. The van der Waals surface area contributed by atoms with Crippen LogP contribution in [-0.4, -0.2) is 31.1 Å². The second kappa shape index (κ2) is 9.43. The average Bonchev–Trinajstić information content (AvgIpc) is 2.74. The Kier molecular flexibility index (Phi) is 6.92. The van der Waals surface area contributed by atoms with Gasteiger partial charge in [-0.25, -0.2) is 0 Å². The number of hydrogen-bond acceptors (Lipinski definition) is 5. The van der Waals surface area contributed by atoms with E-state index < -0.39 is 23.3 Å². The summed E-state index contributed by atoms with van der Waals surface area (Å²) in [7, 11) is 0. The van der Waals surface area contributed by atoms with E-state index in [0.717, 1.165) is 15.6 Å². The Morgan fingerprint density at radius 1 is 1.00 bits per heavy atom. The Balaban J connectivity index is 2.03. The third kappa shape index (κ3) is 4.26. The van der Waals surface area contributed by atoms with Crippen molar-refractivity contribution in [2.24, 2.45) is 5.41 Å². The van der Waals surface area contributed by atoms with Crippen LogP contribution >= 0.6 is 15.9 Å². The summed E-state index contributed by atoms with van der Waals surface area (Å²) in [5, 5.41) is 2.91. The Morgan fingerprint density at radius 3 is 2.23 bits per heavy atom. The number of anilines is 1. The van der Waals surface area contributed by atoms with Crippen LogP contribution in [0.1, 0.15) is 37.3 Å². The van der Waals surface area contributed by atoms with E-state index in [4.69, 9.17) is 9.47 Å². The van der Waals surface area contributed by atoms with E-state index in [1.54, 1.807) is 19.9 Å². The van der Waals surface area contributed by atoms with Gasteiger partial charge in [-0.05, 0) is 65.9 Å². The highest BCUT2D eigenvalue weighted by atomic mass is 79.9. The second-order valence-electron chi connectivity index (χ2n) is 7.12. The maximum atomic E-state index is 13.3. The number of amides is 1. The molecule has 158 valence electrons. The molecule has 1 unspecified atom stereocenters. The monoisotopic (exact) mass is 473 g/mol. The molecule has 1 amide bonds. The van der Waals surface area contributed by atoms with E-state index in [2.05, 4.69) is 21.2 Å². The van der Waals surface area contributed by atoms with Crippen molar-refractivity contribution >= 4 is 39.5 Å². The zero-order chi connectivity index (χ0) is 21.7. The third-order valence-corrected chi connectivity index (χ3v) is 5.95. The molecule has 3 rings (SSSR count). The molecule has 0 spiro atoms. The number of para-hydroxylation sites is 1. The molecule has 0 bridgehead atoms. The fourth-order valence-corrected chi connectivity index (χ4v) is 4.22. The fourth-order valence-electron chi connectivity index (χ4n) is 3.84. The maximum Gasteiger partial charge on any atom is 0.323 e. The summed E-state index contributed by atoms with van der Waals surface area (Å²) in [6.07, 6.45) is 0.123. The molecule has 1 aliphatic carbocycles. The zero-order valence-electron chi connectivity index (χ0n) is 16.9. The molecule has 1 aliphatic rings. The minimum Gasteiger partial charge on any atom is -0.465 e. The van der Waals surface area contributed by atoms with Gasteiger partial charge in [-0.2, -0.15) is 0 Å². The van der Waals surface area contributed by atoms with Crippen LogP contribution in [0.4, 0.5) is 5.69 Å². The lowest BCUT2D eigenvalue weighted by Crippen LogP contribution is -2.48. The maximum absolute atomic E-state index is 13.3. The van der Waals surface area contributed by atoms with Crippen LogP contribution in [0.3, 0.4) is 0 Å². The van der Waals surface area contributed by atoms with Gasteiger partial charge in [-0.15, -0.1) is 0 Å². The normalized spacial score (nSPS) is 16.8. The summed E-state index contributed by atoms with van der Waals surface area (Å²) in [5.41, 5.74) is 0.614. The number of nitrogens with one attached hydrogen (secondary N) is 1. The van der Waals surface area contributed by atoms with Crippen molar-refractivity contribution in [2.75, 3.05) is 18.5 Å². The van der Waals surface area contributed by atoms with E-state index in [1.807, 2.05) is 42.5 Å². The number of hydrogen-bond donors (Lipinski definition) is 1. The number of halogens is 1. The molecule has 2 aromatic rings. The van der Waals surface area contributed by atoms with Crippen molar-refractivity contribution < 1.29 is 23.9 Å². The van der Waals surface area contributed by atoms with Gasteiger partial charge in [0, 0.05) is 4.47 Å². The van der Waals surface area contributed by atoms with Crippen molar-refractivity contribution in [1.29, 1.82) is 0 Å². The Morgan fingerprint density at radius 2 is 1.60 bits per heavy atom. The lowest BCUT2D eigenvalue weighted by Gasteiger charge is -2.37. The van der Waals surface area contributed by atoms with E-state index in [9.17, 15) is 14.4 Å². The molecule has 0 fully saturated rings. The van der Waals surface area contributed by atoms with Crippen molar-refractivity contribution in [3.8, 4) is 0 Å². The summed E-state index contributed by atoms with van der Waals surface area (Å²) in [6.45, 7) is 3.64. The van der Waals surface area contributed by atoms with Gasteiger partial charge in [0.15, 0.2) is 5.41 Å². The number of fused-ring (bicyclic) bond motifs is 1. The standard InChI is InChI=1S/C23H24BrNO5/c1-3-29-21(27)23(22(28)30-4-2)13-15-9-5-6-10-16(15)17(14-23)20(26)25-19-12-8-7-11-18(19)24/h5-12,17H,3-4,13-14H2,1-2H3,(H,25,26). The molecule has 7 heteroatoms. The highest BCUT2D eigenvalue weighted by Crippen LogP contribution is 2.45. The predicted molar refractivity (Wildman–Crippen MR) is 116 cm³/mol. The molecule has 0 aliphatic heterocycles. The Bertz CT molecular complexity index is 940. The Hall–Kier alpha value is -2.67. The van der Waals surface area contributed by atoms with E-state index >= 15 is 0 Å². The van der Waals surface area contributed by atoms with Crippen molar-refractivity contribution in [3.63, 3.8) is 0 Å². The van der Waals surface area contributed by atoms with Crippen LogP contribution in [0.5, 0.6) is 0 Å². The molecule has 0 saturated carbocycles. The van der Waals surface area contributed by atoms with E-state index in [0.29, 0.717) is 5.69 Å². The van der Waals surface area contributed by atoms with Crippen LogP contribution in [0, 0.1) is 5.41 Å². The quantitative estimate of drug-likeness (QED) is 0.501. The van der Waals surface area contributed by atoms with Crippen LogP contribution in [0.2, 0.25) is 0 Å².